The molecule has 4 aromatic rings. The summed E-state index contributed by atoms with van der Waals surface area (Å²) >= 11 is 0. The number of aromatic nitrogens is 2. The van der Waals surface area contributed by atoms with Gasteiger partial charge >= 0.3 is 5.97 Å². The molecule has 1 heterocycles. The van der Waals surface area contributed by atoms with E-state index < -0.39 is 0 Å². The molecule has 0 fully saturated rings. The van der Waals surface area contributed by atoms with E-state index in [9.17, 15) is 4.79 Å². The molecule has 6 nitrogen and oxygen atoms in total. The number of methoxy groups -OCH3 is 1. The number of rotatable bonds is 7. The molecule has 32 heavy (non-hydrogen) atoms. The number of benzene rings is 3. The van der Waals surface area contributed by atoms with Crippen LogP contribution in [0.5, 0.6) is 11.5 Å². The third-order valence-corrected chi connectivity index (χ3v) is 5.17. The van der Waals surface area contributed by atoms with Crippen molar-refractivity contribution in [2.45, 2.75) is 27.1 Å². The van der Waals surface area contributed by atoms with Gasteiger partial charge in [-0.2, -0.15) is 0 Å². The summed E-state index contributed by atoms with van der Waals surface area (Å²) in [5.74, 6) is 0.932. The Hall–Kier alpha value is -3.93. The van der Waals surface area contributed by atoms with Gasteiger partial charge in [0, 0.05) is 11.6 Å². The number of ether oxygens (including phenoxy) is 3. The lowest BCUT2D eigenvalue weighted by Crippen LogP contribution is -2.10. The van der Waals surface area contributed by atoms with E-state index >= 15 is 0 Å². The smallest absolute Gasteiger partial charge is 0.338 e. The fourth-order valence-corrected chi connectivity index (χ4v) is 3.47. The van der Waals surface area contributed by atoms with Crippen molar-refractivity contribution in [3.8, 4) is 11.5 Å². The minimum Gasteiger partial charge on any atom is -0.489 e. The molecular weight excluding hydrogens is 404 g/mol. The number of aryl methyl sites for hydroxylation is 2. The Labute approximate surface area is 186 Å². The van der Waals surface area contributed by atoms with Crippen LogP contribution in [-0.4, -0.2) is 23.0 Å². The van der Waals surface area contributed by atoms with Gasteiger partial charge in [-0.3, -0.25) is 0 Å². The molecule has 0 aliphatic heterocycles. The van der Waals surface area contributed by atoms with Gasteiger partial charge in [0.1, 0.15) is 24.7 Å². The van der Waals surface area contributed by atoms with Gasteiger partial charge in [0.15, 0.2) is 0 Å². The molecule has 0 aliphatic carbocycles. The van der Waals surface area contributed by atoms with Crippen LogP contribution in [0.15, 0.2) is 66.7 Å². The first-order chi connectivity index (χ1) is 15.5. The molecule has 0 N–H and O–H groups in total. The second-order valence-corrected chi connectivity index (χ2v) is 7.40. The van der Waals surface area contributed by atoms with Gasteiger partial charge in [-0.05, 0) is 43.7 Å². The number of hydrogen-bond acceptors (Lipinski definition) is 6. The quantitative estimate of drug-likeness (QED) is 0.377. The normalized spacial score (nSPS) is 10.7. The number of fused-ring (bicyclic) bond motifs is 1. The number of para-hydroxylation sites is 2. The van der Waals surface area contributed by atoms with Gasteiger partial charge in [-0.25, -0.2) is 14.8 Å². The lowest BCUT2D eigenvalue weighted by Gasteiger charge is -2.13. The van der Waals surface area contributed by atoms with E-state index in [-0.39, 0.29) is 12.6 Å². The fraction of sp³-hybridized carbons (Fsp3) is 0.192. The lowest BCUT2D eigenvalue weighted by molar-refractivity contribution is 0.0597. The second kappa shape index (κ2) is 9.47. The summed E-state index contributed by atoms with van der Waals surface area (Å²) in [6.07, 6.45) is 0. The third kappa shape index (κ3) is 4.70. The second-order valence-electron chi connectivity index (χ2n) is 7.40. The molecule has 0 spiro atoms. The van der Waals surface area contributed by atoms with E-state index in [1.807, 2.05) is 80.6 Å². The van der Waals surface area contributed by atoms with Gasteiger partial charge in [0.25, 0.3) is 0 Å². The Bertz CT molecular complexity index is 1270. The summed E-state index contributed by atoms with van der Waals surface area (Å²) in [7, 11) is 1.38. The SMILES string of the molecule is COC(=O)c1c(C)cccc1COc1cccc(OCc2nc3ccccc3nc2C)c1. The van der Waals surface area contributed by atoms with Crippen LogP contribution >= 0.6 is 0 Å². The topological polar surface area (TPSA) is 70.5 Å². The van der Waals surface area contributed by atoms with E-state index in [0.717, 1.165) is 33.5 Å². The minimum atomic E-state index is -0.370. The van der Waals surface area contributed by atoms with Crippen LogP contribution in [0.4, 0.5) is 0 Å². The summed E-state index contributed by atoms with van der Waals surface area (Å²) in [5, 5.41) is 0. The first-order valence-electron chi connectivity index (χ1n) is 10.3. The Balaban J connectivity index is 1.45. The molecule has 6 heteroatoms. The summed E-state index contributed by atoms with van der Waals surface area (Å²) in [5.41, 5.74) is 5.49. The van der Waals surface area contributed by atoms with Crippen LogP contribution in [0.2, 0.25) is 0 Å². The maximum Gasteiger partial charge on any atom is 0.338 e. The molecule has 0 saturated carbocycles. The van der Waals surface area contributed by atoms with E-state index in [0.29, 0.717) is 23.7 Å². The highest BCUT2D eigenvalue weighted by Crippen LogP contribution is 2.23. The van der Waals surface area contributed by atoms with E-state index in [1.165, 1.54) is 7.11 Å². The lowest BCUT2D eigenvalue weighted by atomic mass is 10.0. The van der Waals surface area contributed by atoms with Crippen LogP contribution in [0, 0.1) is 13.8 Å². The van der Waals surface area contributed by atoms with E-state index in [1.54, 1.807) is 0 Å². The van der Waals surface area contributed by atoms with Crippen LogP contribution in [0.25, 0.3) is 11.0 Å². The van der Waals surface area contributed by atoms with Crippen LogP contribution < -0.4 is 9.47 Å². The molecule has 162 valence electrons. The maximum absolute atomic E-state index is 12.1. The molecule has 0 unspecified atom stereocenters. The maximum atomic E-state index is 12.1. The summed E-state index contributed by atoms with van der Waals surface area (Å²) in [6.45, 7) is 4.35. The van der Waals surface area contributed by atoms with Gasteiger partial charge in [-0.15, -0.1) is 0 Å². The Morgan fingerprint density at radius 3 is 2.19 bits per heavy atom. The molecule has 0 saturated heterocycles. The van der Waals surface area contributed by atoms with Crippen molar-refractivity contribution in [3.63, 3.8) is 0 Å². The monoisotopic (exact) mass is 428 g/mol. The molecule has 0 amide bonds. The van der Waals surface area contributed by atoms with Gasteiger partial charge in [0.2, 0.25) is 0 Å². The van der Waals surface area contributed by atoms with Crippen LogP contribution in [-0.2, 0) is 18.0 Å². The Kier molecular flexibility index (Phi) is 6.31. The number of nitrogens with zero attached hydrogens (tertiary/aromatic N) is 2. The molecule has 3 aromatic carbocycles. The zero-order chi connectivity index (χ0) is 22.5. The molecule has 0 bridgehead atoms. The van der Waals surface area contributed by atoms with Crippen molar-refractivity contribution >= 4 is 17.0 Å². The van der Waals surface area contributed by atoms with Crippen molar-refractivity contribution in [1.29, 1.82) is 0 Å². The number of hydrogen-bond donors (Lipinski definition) is 0. The van der Waals surface area contributed by atoms with Crippen LogP contribution in [0.1, 0.15) is 32.9 Å². The van der Waals surface area contributed by atoms with Crippen molar-refractivity contribution in [2.75, 3.05) is 7.11 Å². The van der Waals surface area contributed by atoms with Gasteiger partial charge < -0.3 is 14.2 Å². The van der Waals surface area contributed by atoms with Crippen LogP contribution in [0.3, 0.4) is 0 Å². The highest BCUT2D eigenvalue weighted by atomic mass is 16.5. The first-order valence-corrected chi connectivity index (χ1v) is 10.3. The summed E-state index contributed by atoms with van der Waals surface area (Å²) in [4.78, 5) is 21.4. The molecule has 4 rings (SSSR count). The molecule has 1 aromatic heterocycles. The number of carbonyl (C=O) groups excluding carboxylic acids is 1. The van der Waals surface area contributed by atoms with Gasteiger partial charge in [0.05, 0.1) is 35.1 Å². The number of carbonyl (C=O) groups is 1. The molecule has 0 atom stereocenters. The van der Waals surface area contributed by atoms with Crippen molar-refractivity contribution in [1.82, 2.24) is 9.97 Å². The number of esters is 1. The zero-order valence-corrected chi connectivity index (χ0v) is 18.3. The first kappa shape index (κ1) is 21.3. The summed E-state index contributed by atoms with van der Waals surface area (Å²) < 4.78 is 16.8. The standard InChI is InChI=1S/C26H24N2O4/c1-17-8-6-9-19(25(17)26(29)30-3)15-31-20-10-7-11-21(14-20)32-16-24-18(2)27-22-12-4-5-13-23(22)28-24/h4-14H,15-16H2,1-3H3. The highest BCUT2D eigenvalue weighted by molar-refractivity contribution is 5.92. The third-order valence-electron chi connectivity index (χ3n) is 5.17. The largest absolute Gasteiger partial charge is 0.489 e. The van der Waals surface area contributed by atoms with Gasteiger partial charge in [-0.1, -0.05) is 36.4 Å². The van der Waals surface area contributed by atoms with Crippen molar-refractivity contribution in [2.24, 2.45) is 0 Å². The Morgan fingerprint density at radius 1 is 0.812 bits per heavy atom. The van der Waals surface area contributed by atoms with Crippen molar-refractivity contribution in [3.05, 3.63) is 94.8 Å². The molecule has 0 aliphatic rings. The predicted octanol–water partition coefficient (Wildman–Crippen LogP) is 5.19. The van der Waals surface area contributed by atoms with Crippen molar-refractivity contribution < 1.29 is 19.0 Å². The molecule has 0 radical (unpaired) electrons. The average Bonchev–Trinajstić information content (AvgIpc) is 2.81. The Morgan fingerprint density at radius 2 is 1.47 bits per heavy atom. The minimum absolute atomic E-state index is 0.241. The molecular formula is C26H24N2O4. The van der Waals surface area contributed by atoms with E-state index in [2.05, 4.69) is 9.97 Å². The fourth-order valence-electron chi connectivity index (χ4n) is 3.47. The summed E-state index contributed by atoms with van der Waals surface area (Å²) in [6, 6.07) is 20.8. The average molecular weight is 428 g/mol. The zero-order valence-electron chi connectivity index (χ0n) is 18.3. The van der Waals surface area contributed by atoms with E-state index in [4.69, 9.17) is 14.2 Å². The highest BCUT2D eigenvalue weighted by Gasteiger charge is 2.15. The predicted molar refractivity (Wildman–Crippen MR) is 122 cm³/mol.